The molecule has 0 amide bonds. The number of hydrogen-bond donors (Lipinski definition) is 0. The smallest absolute Gasteiger partial charge is 0.159 e. The van der Waals surface area contributed by atoms with E-state index in [0.29, 0.717) is 5.69 Å². The Bertz CT molecular complexity index is 485. The first-order valence-electron chi connectivity index (χ1n) is 4.98. The Labute approximate surface area is 93.3 Å². The third kappa shape index (κ3) is 1.95. The Morgan fingerprint density at radius 2 is 2.00 bits per heavy atom. The summed E-state index contributed by atoms with van der Waals surface area (Å²) in [7, 11) is 0. The van der Waals surface area contributed by atoms with Gasteiger partial charge < -0.3 is 0 Å². The van der Waals surface area contributed by atoms with E-state index in [9.17, 15) is 4.91 Å². The summed E-state index contributed by atoms with van der Waals surface area (Å²) in [6.07, 6.45) is 1.57. The van der Waals surface area contributed by atoms with E-state index in [1.54, 1.807) is 18.3 Å². The molecule has 0 radical (unpaired) electrons. The number of nitroso groups, excluding NO2 is 1. The van der Waals surface area contributed by atoms with Crippen LogP contribution in [0.1, 0.15) is 22.9 Å². The predicted octanol–water partition coefficient (Wildman–Crippen LogP) is 2.64. The van der Waals surface area contributed by atoms with Crippen LogP contribution in [0.25, 0.3) is 0 Å². The zero-order valence-electron chi connectivity index (χ0n) is 8.87. The first-order chi connectivity index (χ1) is 7.83. The van der Waals surface area contributed by atoms with Gasteiger partial charge in [-0.15, -0.1) is 4.91 Å². The predicted molar refractivity (Wildman–Crippen MR) is 60.8 cm³/mol. The molecule has 0 aliphatic carbocycles. The van der Waals surface area contributed by atoms with Crippen LogP contribution >= 0.6 is 0 Å². The molecular formula is C12H11N3O. The van der Waals surface area contributed by atoms with E-state index in [1.807, 2.05) is 31.2 Å². The minimum absolute atomic E-state index is 0.574. The fraction of sp³-hybridized carbons (Fsp3) is 0.167. The third-order valence-corrected chi connectivity index (χ3v) is 2.46. The number of aromatic nitrogens is 2. The van der Waals surface area contributed by atoms with Crippen LogP contribution < -0.4 is 0 Å². The highest BCUT2D eigenvalue weighted by molar-refractivity contribution is 5.33. The SMILES string of the molecule is Cc1ccccc1C(N=O)c1cccnn1. The Balaban J connectivity index is 2.45. The van der Waals surface area contributed by atoms with Gasteiger partial charge in [-0.3, -0.25) is 0 Å². The van der Waals surface area contributed by atoms with Crippen molar-refractivity contribution < 1.29 is 0 Å². The van der Waals surface area contributed by atoms with E-state index in [2.05, 4.69) is 15.4 Å². The lowest BCUT2D eigenvalue weighted by Gasteiger charge is -2.10. The first-order valence-corrected chi connectivity index (χ1v) is 4.98. The first kappa shape index (κ1) is 10.4. The molecule has 0 aliphatic heterocycles. The molecular weight excluding hydrogens is 202 g/mol. The van der Waals surface area contributed by atoms with Crippen LogP contribution in [0.2, 0.25) is 0 Å². The Morgan fingerprint density at radius 3 is 2.62 bits per heavy atom. The topological polar surface area (TPSA) is 55.2 Å². The highest BCUT2D eigenvalue weighted by Gasteiger charge is 2.17. The molecule has 16 heavy (non-hydrogen) atoms. The molecule has 1 unspecified atom stereocenters. The third-order valence-electron chi connectivity index (χ3n) is 2.46. The summed E-state index contributed by atoms with van der Waals surface area (Å²) in [5.41, 5.74) is 2.47. The lowest BCUT2D eigenvalue weighted by atomic mass is 9.99. The van der Waals surface area contributed by atoms with E-state index in [0.717, 1.165) is 11.1 Å². The van der Waals surface area contributed by atoms with Gasteiger partial charge in [0, 0.05) is 6.20 Å². The minimum Gasteiger partial charge on any atom is -0.159 e. The lowest BCUT2D eigenvalue weighted by molar-refractivity contribution is 0.781. The molecule has 0 spiro atoms. The van der Waals surface area contributed by atoms with Crippen LogP contribution in [0, 0.1) is 11.8 Å². The van der Waals surface area contributed by atoms with E-state index >= 15 is 0 Å². The maximum Gasteiger partial charge on any atom is 0.161 e. The summed E-state index contributed by atoms with van der Waals surface area (Å²) in [5, 5.41) is 10.8. The summed E-state index contributed by atoms with van der Waals surface area (Å²) < 4.78 is 0. The highest BCUT2D eigenvalue weighted by atomic mass is 16.3. The number of nitrogens with zero attached hydrogens (tertiary/aromatic N) is 3. The Morgan fingerprint density at radius 1 is 1.19 bits per heavy atom. The molecule has 0 aliphatic rings. The second kappa shape index (κ2) is 4.61. The second-order valence-corrected chi connectivity index (χ2v) is 3.51. The maximum atomic E-state index is 10.9. The molecule has 4 nitrogen and oxygen atoms in total. The summed E-state index contributed by atoms with van der Waals surface area (Å²) in [4.78, 5) is 10.9. The Hall–Kier alpha value is -2.10. The van der Waals surface area contributed by atoms with Crippen LogP contribution in [-0.4, -0.2) is 10.2 Å². The van der Waals surface area contributed by atoms with Crippen LogP contribution in [0.15, 0.2) is 47.8 Å². The van der Waals surface area contributed by atoms with Crippen LogP contribution in [0.4, 0.5) is 0 Å². The quantitative estimate of drug-likeness (QED) is 0.736. The van der Waals surface area contributed by atoms with Gasteiger partial charge in [-0.2, -0.15) is 10.2 Å². The van der Waals surface area contributed by atoms with Crippen molar-refractivity contribution in [3.8, 4) is 0 Å². The molecule has 2 aromatic rings. The molecule has 0 fully saturated rings. The highest BCUT2D eigenvalue weighted by Crippen LogP contribution is 2.26. The van der Waals surface area contributed by atoms with Gasteiger partial charge in [0.05, 0.1) is 5.69 Å². The lowest BCUT2D eigenvalue weighted by Crippen LogP contribution is -2.02. The summed E-state index contributed by atoms with van der Waals surface area (Å²) in [5.74, 6) is 0. The molecule has 0 saturated carbocycles. The molecule has 1 heterocycles. The van der Waals surface area contributed by atoms with Crippen molar-refractivity contribution >= 4 is 0 Å². The van der Waals surface area contributed by atoms with Gasteiger partial charge in [-0.05, 0) is 30.2 Å². The maximum absolute atomic E-state index is 10.9. The molecule has 4 heteroatoms. The van der Waals surface area contributed by atoms with Crippen molar-refractivity contribution in [1.29, 1.82) is 0 Å². The number of hydrogen-bond acceptors (Lipinski definition) is 4. The monoisotopic (exact) mass is 213 g/mol. The van der Waals surface area contributed by atoms with Gasteiger partial charge in [0.25, 0.3) is 0 Å². The number of rotatable bonds is 3. The zero-order chi connectivity index (χ0) is 11.4. The van der Waals surface area contributed by atoms with Gasteiger partial charge in [0.1, 0.15) is 0 Å². The molecule has 2 rings (SSSR count). The van der Waals surface area contributed by atoms with Crippen LogP contribution in [0.3, 0.4) is 0 Å². The average Bonchev–Trinajstić information content (AvgIpc) is 2.34. The average molecular weight is 213 g/mol. The van der Waals surface area contributed by atoms with E-state index in [4.69, 9.17) is 0 Å². The second-order valence-electron chi connectivity index (χ2n) is 3.51. The largest absolute Gasteiger partial charge is 0.161 e. The van der Waals surface area contributed by atoms with Gasteiger partial charge in [-0.1, -0.05) is 29.4 Å². The van der Waals surface area contributed by atoms with E-state index < -0.39 is 6.04 Å². The molecule has 1 aromatic heterocycles. The fourth-order valence-electron chi connectivity index (χ4n) is 1.62. The van der Waals surface area contributed by atoms with Gasteiger partial charge in [0.15, 0.2) is 6.04 Å². The van der Waals surface area contributed by atoms with Crippen molar-refractivity contribution in [2.24, 2.45) is 5.18 Å². The standard InChI is InChI=1S/C12H11N3O/c1-9-5-2-3-6-10(9)12(15-16)11-7-4-8-13-14-11/h2-8,12H,1H3. The molecule has 1 atom stereocenters. The van der Waals surface area contributed by atoms with E-state index in [1.165, 1.54) is 0 Å². The number of benzene rings is 1. The van der Waals surface area contributed by atoms with Gasteiger partial charge in [0.2, 0.25) is 0 Å². The molecule has 1 aromatic carbocycles. The molecule has 0 saturated heterocycles. The minimum atomic E-state index is -0.574. The normalized spacial score (nSPS) is 12.1. The summed E-state index contributed by atoms with van der Waals surface area (Å²) in [6, 6.07) is 10.6. The summed E-state index contributed by atoms with van der Waals surface area (Å²) >= 11 is 0. The van der Waals surface area contributed by atoms with E-state index in [-0.39, 0.29) is 0 Å². The Kier molecular flexibility index (Phi) is 3.00. The van der Waals surface area contributed by atoms with Crippen molar-refractivity contribution in [1.82, 2.24) is 10.2 Å². The van der Waals surface area contributed by atoms with Crippen LogP contribution in [-0.2, 0) is 0 Å². The van der Waals surface area contributed by atoms with Gasteiger partial charge >= 0.3 is 0 Å². The van der Waals surface area contributed by atoms with Crippen molar-refractivity contribution in [3.63, 3.8) is 0 Å². The summed E-state index contributed by atoms with van der Waals surface area (Å²) in [6.45, 7) is 1.95. The van der Waals surface area contributed by atoms with Crippen molar-refractivity contribution in [2.75, 3.05) is 0 Å². The van der Waals surface area contributed by atoms with Crippen LogP contribution in [0.5, 0.6) is 0 Å². The fourth-order valence-corrected chi connectivity index (χ4v) is 1.62. The zero-order valence-corrected chi connectivity index (χ0v) is 8.87. The molecule has 0 bridgehead atoms. The number of aryl methyl sites for hydroxylation is 1. The van der Waals surface area contributed by atoms with Crippen molar-refractivity contribution in [2.45, 2.75) is 13.0 Å². The van der Waals surface area contributed by atoms with Gasteiger partial charge in [-0.25, -0.2) is 0 Å². The van der Waals surface area contributed by atoms with Crippen molar-refractivity contribution in [3.05, 3.63) is 64.3 Å². The molecule has 0 N–H and O–H groups in total. The molecule has 80 valence electrons.